The summed E-state index contributed by atoms with van der Waals surface area (Å²) < 4.78 is 0. The maximum Gasteiger partial charge on any atom is 0.151 e. The number of rotatable bonds is 4. The Morgan fingerprint density at radius 3 is 2.47 bits per heavy atom. The van der Waals surface area contributed by atoms with E-state index in [4.69, 9.17) is 5.73 Å². The Labute approximate surface area is 91.5 Å². The Hall–Kier alpha value is -1.16. The van der Waals surface area contributed by atoms with Crippen LogP contribution >= 0.6 is 0 Å². The molecule has 0 aliphatic heterocycles. The lowest BCUT2D eigenvalue weighted by molar-refractivity contribution is 0.384. The van der Waals surface area contributed by atoms with Crippen LogP contribution in [0.25, 0.3) is 0 Å². The Bertz CT molecular complexity index is 305. The number of hydrogen-bond acceptors (Lipinski definition) is 4. The Balaban J connectivity index is 2.69. The van der Waals surface area contributed by atoms with Crippen molar-refractivity contribution in [3.8, 4) is 0 Å². The van der Waals surface area contributed by atoms with Gasteiger partial charge < -0.3 is 10.6 Å². The maximum absolute atomic E-state index is 5.69. The standard InChI is InChI=1S/C11H20N4/c1-9-5-6-10(14-13-9)15(4)8-11(2,3)7-12/h5-6H,7-8,12H2,1-4H3. The minimum Gasteiger partial charge on any atom is -0.358 e. The largest absolute Gasteiger partial charge is 0.358 e. The highest BCUT2D eigenvalue weighted by Crippen LogP contribution is 2.17. The summed E-state index contributed by atoms with van der Waals surface area (Å²) in [7, 11) is 2.01. The van der Waals surface area contributed by atoms with Crippen molar-refractivity contribution in [2.75, 3.05) is 25.0 Å². The van der Waals surface area contributed by atoms with Crippen LogP contribution in [-0.4, -0.2) is 30.3 Å². The monoisotopic (exact) mass is 208 g/mol. The minimum atomic E-state index is 0.0985. The molecule has 1 aromatic heterocycles. The summed E-state index contributed by atoms with van der Waals surface area (Å²) in [6.45, 7) is 7.76. The summed E-state index contributed by atoms with van der Waals surface area (Å²) in [4.78, 5) is 2.08. The van der Waals surface area contributed by atoms with Crippen molar-refractivity contribution in [2.45, 2.75) is 20.8 Å². The minimum absolute atomic E-state index is 0.0985. The fraction of sp³-hybridized carbons (Fsp3) is 0.636. The fourth-order valence-corrected chi connectivity index (χ4v) is 1.38. The van der Waals surface area contributed by atoms with Gasteiger partial charge in [0.05, 0.1) is 5.69 Å². The zero-order valence-electron chi connectivity index (χ0n) is 9.99. The molecule has 4 nitrogen and oxygen atoms in total. The first kappa shape index (κ1) is 11.9. The van der Waals surface area contributed by atoms with Crippen LogP contribution in [0, 0.1) is 12.3 Å². The summed E-state index contributed by atoms with van der Waals surface area (Å²) in [5, 5.41) is 8.16. The number of nitrogens with zero attached hydrogens (tertiary/aromatic N) is 3. The van der Waals surface area contributed by atoms with E-state index in [0.29, 0.717) is 6.54 Å². The highest BCUT2D eigenvalue weighted by molar-refractivity contribution is 5.36. The average molecular weight is 208 g/mol. The SMILES string of the molecule is Cc1ccc(N(C)CC(C)(C)CN)nn1. The molecule has 1 rings (SSSR count). The molecule has 84 valence electrons. The lowest BCUT2D eigenvalue weighted by Gasteiger charge is -2.29. The molecule has 0 spiro atoms. The van der Waals surface area contributed by atoms with E-state index in [-0.39, 0.29) is 5.41 Å². The second kappa shape index (κ2) is 4.57. The van der Waals surface area contributed by atoms with E-state index in [9.17, 15) is 0 Å². The van der Waals surface area contributed by atoms with Gasteiger partial charge in [-0.3, -0.25) is 0 Å². The van der Waals surface area contributed by atoms with Crippen molar-refractivity contribution in [1.29, 1.82) is 0 Å². The van der Waals surface area contributed by atoms with Gasteiger partial charge in [0.1, 0.15) is 0 Å². The number of anilines is 1. The van der Waals surface area contributed by atoms with Crippen LogP contribution in [0.2, 0.25) is 0 Å². The van der Waals surface area contributed by atoms with E-state index in [1.54, 1.807) is 0 Å². The van der Waals surface area contributed by atoms with Crippen LogP contribution in [0.4, 0.5) is 5.82 Å². The van der Waals surface area contributed by atoms with E-state index in [2.05, 4.69) is 28.9 Å². The van der Waals surface area contributed by atoms with Crippen molar-refractivity contribution in [2.24, 2.45) is 11.1 Å². The van der Waals surface area contributed by atoms with E-state index in [1.165, 1.54) is 0 Å². The Kier molecular flexibility index (Phi) is 3.63. The van der Waals surface area contributed by atoms with Gasteiger partial charge in [0.25, 0.3) is 0 Å². The second-order valence-electron chi connectivity index (χ2n) is 4.76. The normalized spacial score (nSPS) is 11.5. The lowest BCUT2D eigenvalue weighted by atomic mass is 9.93. The highest BCUT2D eigenvalue weighted by Gasteiger charge is 2.18. The molecule has 0 aliphatic carbocycles. The molecule has 4 heteroatoms. The molecule has 0 aromatic carbocycles. The molecule has 0 saturated carbocycles. The molecule has 0 bridgehead atoms. The molecule has 0 saturated heterocycles. The van der Waals surface area contributed by atoms with Crippen molar-refractivity contribution in [3.63, 3.8) is 0 Å². The summed E-state index contributed by atoms with van der Waals surface area (Å²) in [5.41, 5.74) is 6.73. The average Bonchev–Trinajstić information content (AvgIpc) is 2.18. The van der Waals surface area contributed by atoms with Crippen LogP contribution < -0.4 is 10.6 Å². The van der Waals surface area contributed by atoms with Crippen molar-refractivity contribution in [3.05, 3.63) is 17.8 Å². The molecule has 0 aliphatic rings. The van der Waals surface area contributed by atoms with Crippen molar-refractivity contribution < 1.29 is 0 Å². The van der Waals surface area contributed by atoms with E-state index in [0.717, 1.165) is 18.1 Å². The van der Waals surface area contributed by atoms with Gasteiger partial charge in [-0.25, -0.2) is 0 Å². The number of aryl methyl sites for hydroxylation is 1. The predicted molar refractivity (Wildman–Crippen MR) is 62.9 cm³/mol. The number of aromatic nitrogens is 2. The third kappa shape index (κ3) is 3.47. The van der Waals surface area contributed by atoms with E-state index < -0.39 is 0 Å². The molecule has 2 N–H and O–H groups in total. The lowest BCUT2D eigenvalue weighted by Crippen LogP contribution is -2.37. The molecule has 0 amide bonds. The van der Waals surface area contributed by atoms with Gasteiger partial charge in [0, 0.05) is 13.6 Å². The van der Waals surface area contributed by atoms with Gasteiger partial charge >= 0.3 is 0 Å². The van der Waals surface area contributed by atoms with Crippen LogP contribution in [-0.2, 0) is 0 Å². The smallest absolute Gasteiger partial charge is 0.151 e. The Morgan fingerprint density at radius 1 is 1.33 bits per heavy atom. The molecule has 15 heavy (non-hydrogen) atoms. The van der Waals surface area contributed by atoms with Gasteiger partial charge in [-0.15, -0.1) is 5.10 Å². The van der Waals surface area contributed by atoms with Crippen LogP contribution in [0.5, 0.6) is 0 Å². The third-order valence-corrected chi connectivity index (χ3v) is 2.39. The Morgan fingerprint density at radius 2 is 2.00 bits per heavy atom. The summed E-state index contributed by atoms with van der Waals surface area (Å²) in [5.74, 6) is 0.891. The first-order valence-corrected chi connectivity index (χ1v) is 5.16. The predicted octanol–water partition coefficient (Wildman–Crippen LogP) is 1.21. The topological polar surface area (TPSA) is 55.0 Å². The second-order valence-corrected chi connectivity index (χ2v) is 4.76. The first-order chi connectivity index (χ1) is 6.94. The van der Waals surface area contributed by atoms with Gasteiger partial charge in [0.15, 0.2) is 5.82 Å². The van der Waals surface area contributed by atoms with E-state index in [1.807, 2.05) is 26.1 Å². The van der Waals surface area contributed by atoms with Crippen LogP contribution in [0.1, 0.15) is 19.5 Å². The third-order valence-electron chi connectivity index (χ3n) is 2.39. The molecule has 0 fully saturated rings. The fourth-order valence-electron chi connectivity index (χ4n) is 1.38. The van der Waals surface area contributed by atoms with Gasteiger partial charge in [0.2, 0.25) is 0 Å². The van der Waals surface area contributed by atoms with Gasteiger partial charge in [-0.1, -0.05) is 13.8 Å². The zero-order valence-corrected chi connectivity index (χ0v) is 9.99. The van der Waals surface area contributed by atoms with Crippen LogP contribution in [0.15, 0.2) is 12.1 Å². The maximum atomic E-state index is 5.69. The quantitative estimate of drug-likeness (QED) is 0.808. The van der Waals surface area contributed by atoms with Gasteiger partial charge in [-0.05, 0) is 31.0 Å². The summed E-state index contributed by atoms with van der Waals surface area (Å²) in [6, 6.07) is 3.95. The van der Waals surface area contributed by atoms with Crippen molar-refractivity contribution in [1.82, 2.24) is 10.2 Å². The molecule has 0 radical (unpaired) electrons. The highest BCUT2D eigenvalue weighted by atomic mass is 15.2. The summed E-state index contributed by atoms with van der Waals surface area (Å²) >= 11 is 0. The number of nitrogens with two attached hydrogens (primary N) is 1. The molecule has 0 unspecified atom stereocenters. The van der Waals surface area contributed by atoms with E-state index >= 15 is 0 Å². The molecule has 1 heterocycles. The van der Waals surface area contributed by atoms with Crippen molar-refractivity contribution >= 4 is 5.82 Å². The first-order valence-electron chi connectivity index (χ1n) is 5.16. The van der Waals surface area contributed by atoms with Gasteiger partial charge in [-0.2, -0.15) is 5.10 Å². The zero-order chi connectivity index (χ0) is 11.5. The molecule has 1 aromatic rings. The summed E-state index contributed by atoms with van der Waals surface area (Å²) in [6.07, 6.45) is 0. The molecular formula is C11H20N4. The molecular weight excluding hydrogens is 188 g/mol. The molecule has 0 atom stereocenters. The number of hydrogen-bond donors (Lipinski definition) is 1. The van der Waals surface area contributed by atoms with Crippen LogP contribution in [0.3, 0.4) is 0 Å².